The summed E-state index contributed by atoms with van der Waals surface area (Å²) in [5.41, 5.74) is -0.545. The standard InChI is InChI=1S/C12H13N3O6/c1-7-9(12(16)17)4-5-13(7)10-3-2-8(14(18)19)6-11(10)15(20)21/h2-3,6-7,9H,4-5H2,1H3,(H,16,17). The highest BCUT2D eigenvalue weighted by atomic mass is 16.6. The summed E-state index contributed by atoms with van der Waals surface area (Å²) in [6, 6.07) is 2.97. The lowest BCUT2D eigenvalue weighted by Gasteiger charge is -2.24. The van der Waals surface area contributed by atoms with Gasteiger partial charge in [0.1, 0.15) is 5.69 Å². The zero-order valence-electron chi connectivity index (χ0n) is 11.1. The van der Waals surface area contributed by atoms with Crippen LogP contribution in [-0.4, -0.2) is 33.5 Å². The molecule has 9 nitrogen and oxygen atoms in total. The van der Waals surface area contributed by atoms with Crippen LogP contribution >= 0.6 is 0 Å². The van der Waals surface area contributed by atoms with Crippen LogP contribution in [0.25, 0.3) is 0 Å². The van der Waals surface area contributed by atoms with Crippen molar-refractivity contribution in [3.8, 4) is 0 Å². The Bertz CT molecular complexity index is 617. The minimum Gasteiger partial charge on any atom is -0.481 e. The number of nitro groups is 2. The van der Waals surface area contributed by atoms with Gasteiger partial charge in [-0.2, -0.15) is 0 Å². The summed E-state index contributed by atoms with van der Waals surface area (Å²) in [6.07, 6.45) is 0.380. The van der Waals surface area contributed by atoms with E-state index in [-0.39, 0.29) is 17.1 Å². The maximum Gasteiger partial charge on any atom is 0.308 e. The number of carboxylic acids is 1. The third-order valence-electron chi connectivity index (χ3n) is 3.75. The molecule has 1 aromatic rings. The molecule has 1 aliphatic rings. The van der Waals surface area contributed by atoms with Gasteiger partial charge in [0.2, 0.25) is 0 Å². The van der Waals surface area contributed by atoms with Crippen molar-refractivity contribution in [2.24, 2.45) is 5.92 Å². The summed E-state index contributed by atoms with van der Waals surface area (Å²) in [4.78, 5) is 33.1. The number of hydrogen-bond donors (Lipinski definition) is 1. The Labute approximate surface area is 119 Å². The number of nitro benzene ring substituents is 2. The maximum absolute atomic E-state index is 11.1. The monoisotopic (exact) mass is 295 g/mol. The van der Waals surface area contributed by atoms with E-state index in [0.29, 0.717) is 13.0 Å². The van der Waals surface area contributed by atoms with Crippen LogP contribution in [0.2, 0.25) is 0 Å². The van der Waals surface area contributed by atoms with Crippen LogP contribution in [0.3, 0.4) is 0 Å². The summed E-state index contributed by atoms with van der Waals surface area (Å²) >= 11 is 0. The Balaban J connectivity index is 2.42. The predicted molar refractivity (Wildman–Crippen MR) is 72.3 cm³/mol. The van der Waals surface area contributed by atoms with Gasteiger partial charge in [-0.15, -0.1) is 0 Å². The molecule has 2 atom stereocenters. The highest BCUT2D eigenvalue weighted by Crippen LogP contribution is 2.37. The van der Waals surface area contributed by atoms with Crippen molar-refractivity contribution in [3.05, 3.63) is 38.4 Å². The molecule has 1 aliphatic heterocycles. The van der Waals surface area contributed by atoms with Gasteiger partial charge < -0.3 is 10.0 Å². The van der Waals surface area contributed by atoms with Gasteiger partial charge in [-0.25, -0.2) is 0 Å². The molecule has 2 unspecified atom stereocenters. The van der Waals surface area contributed by atoms with E-state index in [9.17, 15) is 25.0 Å². The summed E-state index contributed by atoms with van der Waals surface area (Å²) in [5.74, 6) is -1.56. The second-order valence-corrected chi connectivity index (χ2v) is 4.85. The number of non-ortho nitro benzene ring substituents is 1. The van der Waals surface area contributed by atoms with Gasteiger partial charge >= 0.3 is 5.97 Å². The largest absolute Gasteiger partial charge is 0.481 e. The third-order valence-corrected chi connectivity index (χ3v) is 3.75. The quantitative estimate of drug-likeness (QED) is 0.662. The number of hydrogen-bond acceptors (Lipinski definition) is 6. The summed E-state index contributed by atoms with van der Waals surface area (Å²) in [7, 11) is 0. The number of carbonyl (C=O) groups is 1. The molecular formula is C12H13N3O6. The predicted octanol–water partition coefficient (Wildman–Crippen LogP) is 1.80. The second kappa shape index (κ2) is 5.35. The Kier molecular flexibility index (Phi) is 3.74. The molecule has 1 saturated heterocycles. The van der Waals surface area contributed by atoms with Gasteiger partial charge in [-0.1, -0.05) is 0 Å². The average Bonchev–Trinajstić information content (AvgIpc) is 2.79. The topological polar surface area (TPSA) is 127 Å². The molecule has 2 rings (SSSR count). The molecule has 0 aromatic heterocycles. The number of benzene rings is 1. The smallest absolute Gasteiger partial charge is 0.308 e. The summed E-state index contributed by atoms with van der Waals surface area (Å²) in [5, 5.41) is 30.9. The van der Waals surface area contributed by atoms with Crippen molar-refractivity contribution in [3.63, 3.8) is 0 Å². The van der Waals surface area contributed by atoms with E-state index < -0.39 is 27.8 Å². The van der Waals surface area contributed by atoms with Crippen LogP contribution in [0.1, 0.15) is 13.3 Å². The molecule has 21 heavy (non-hydrogen) atoms. The fourth-order valence-corrected chi connectivity index (χ4v) is 2.62. The Hall–Kier alpha value is -2.71. The highest BCUT2D eigenvalue weighted by Gasteiger charge is 2.38. The highest BCUT2D eigenvalue weighted by molar-refractivity contribution is 5.75. The van der Waals surface area contributed by atoms with Crippen LogP contribution < -0.4 is 4.90 Å². The molecule has 0 amide bonds. The van der Waals surface area contributed by atoms with E-state index in [2.05, 4.69) is 0 Å². The van der Waals surface area contributed by atoms with Crippen molar-refractivity contribution in [1.29, 1.82) is 0 Å². The van der Waals surface area contributed by atoms with Crippen molar-refractivity contribution in [2.75, 3.05) is 11.4 Å². The lowest BCUT2D eigenvalue weighted by atomic mass is 10.0. The molecule has 1 aromatic carbocycles. The molecule has 1 N–H and O–H groups in total. The normalized spacial score (nSPS) is 21.3. The first kappa shape index (κ1) is 14.7. The molecule has 0 radical (unpaired) electrons. The van der Waals surface area contributed by atoms with E-state index in [1.807, 2.05) is 0 Å². The summed E-state index contributed by atoms with van der Waals surface area (Å²) in [6.45, 7) is 2.04. The molecule has 0 spiro atoms. The van der Waals surface area contributed by atoms with Crippen molar-refractivity contribution in [1.82, 2.24) is 0 Å². The Morgan fingerprint density at radius 3 is 2.48 bits per heavy atom. The lowest BCUT2D eigenvalue weighted by Crippen LogP contribution is -2.33. The van der Waals surface area contributed by atoms with Gasteiger partial charge in [-0.05, 0) is 19.4 Å². The first-order valence-electron chi connectivity index (χ1n) is 6.25. The fraction of sp³-hybridized carbons (Fsp3) is 0.417. The van der Waals surface area contributed by atoms with Gasteiger partial charge in [0.25, 0.3) is 11.4 Å². The maximum atomic E-state index is 11.1. The Morgan fingerprint density at radius 2 is 2.00 bits per heavy atom. The van der Waals surface area contributed by atoms with Crippen LogP contribution in [0.5, 0.6) is 0 Å². The van der Waals surface area contributed by atoms with Crippen molar-refractivity contribution < 1.29 is 19.7 Å². The number of aliphatic carboxylic acids is 1. The minimum absolute atomic E-state index is 0.210. The lowest BCUT2D eigenvalue weighted by molar-refractivity contribution is -0.393. The van der Waals surface area contributed by atoms with E-state index in [1.54, 1.807) is 11.8 Å². The Morgan fingerprint density at radius 1 is 1.33 bits per heavy atom. The average molecular weight is 295 g/mol. The van der Waals surface area contributed by atoms with Gasteiger partial charge in [0.05, 0.1) is 21.8 Å². The minimum atomic E-state index is -0.949. The zero-order chi connectivity index (χ0) is 15.7. The summed E-state index contributed by atoms with van der Waals surface area (Å²) < 4.78 is 0. The molecule has 0 bridgehead atoms. The number of anilines is 1. The van der Waals surface area contributed by atoms with Gasteiger partial charge in [0, 0.05) is 18.7 Å². The van der Waals surface area contributed by atoms with E-state index in [0.717, 1.165) is 6.07 Å². The zero-order valence-corrected chi connectivity index (χ0v) is 11.1. The molecule has 0 saturated carbocycles. The number of carboxylic acid groups (broad SMARTS) is 1. The fourth-order valence-electron chi connectivity index (χ4n) is 2.62. The molecule has 0 aliphatic carbocycles. The van der Waals surface area contributed by atoms with Crippen molar-refractivity contribution >= 4 is 23.0 Å². The van der Waals surface area contributed by atoms with E-state index >= 15 is 0 Å². The van der Waals surface area contributed by atoms with E-state index in [4.69, 9.17) is 5.11 Å². The molecule has 9 heteroatoms. The van der Waals surface area contributed by atoms with Crippen LogP contribution in [0.15, 0.2) is 18.2 Å². The second-order valence-electron chi connectivity index (χ2n) is 4.85. The van der Waals surface area contributed by atoms with Gasteiger partial charge in [0.15, 0.2) is 0 Å². The molecule has 1 heterocycles. The molecule has 1 fully saturated rings. The number of rotatable bonds is 4. The van der Waals surface area contributed by atoms with Crippen molar-refractivity contribution in [2.45, 2.75) is 19.4 Å². The van der Waals surface area contributed by atoms with Crippen LogP contribution in [0, 0.1) is 26.1 Å². The first-order valence-corrected chi connectivity index (χ1v) is 6.25. The van der Waals surface area contributed by atoms with Gasteiger partial charge in [-0.3, -0.25) is 25.0 Å². The van der Waals surface area contributed by atoms with Crippen LogP contribution in [0.4, 0.5) is 17.1 Å². The molecule has 112 valence electrons. The van der Waals surface area contributed by atoms with Crippen LogP contribution in [-0.2, 0) is 4.79 Å². The molecular weight excluding hydrogens is 282 g/mol. The first-order chi connectivity index (χ1) is 9.82. The third kappa shape index (κ3) is 2.62. The number of nitrogens with zero attached hydrogens (tertiary/aromatic N) is 3. The van der Waals surface area contributed by atoms with E-state index in [1.165, 1.54) is 12.1 Å². The SMILES string of the molecule is CC1C(C(=O)O)CCN1c1ccc([N+](=O)[O-])cc1[N+](=O)[O-].